The Hall–Kier alpha value is -3.14. The average molecular weight is 486 g/mol. The largest absolute Gasteiger partial charge is 0.460 e. The Bertz CT molecular complexity index is 1230. The van der Waals surface area contributed by atoms with E-state index in [-0.39, 0.29) is 36.2 Å². The van der Waals surface area contributed by atoms with Crippen molar-refractivity contribution in [1.29, 1.82) is 0 Å². The van der Waals surface area contributed by atoms with Crippen LogP contribution < -0.4 is 5.32 Å². The second-order valence-electron chi connectivity index (χ2n) is 9.64. The van der Waals surface area contributed by atoms with E-state index >= 15 is 0 Å². The molecule has 1 unspecified atom stereocenters. The van der Waals surface area contributed by atoms with Crippen LogP contribution in [-0.4, -0.2) is 50.4 Å². The number of rotatable bonds is 6. The molecule has 4 rings (SSSR count). The van der Waals surface area contributed by atoms with Gasteiger partial charge in [-0.25, -0.2) is 14.4 Å². The highest BCUT2D eigenvalue weighted by Gasteiger charge is 2.35. The van der Waals surface area contributed by atoms with E-state index in [0.29, 0.717) is 29.9 Å². The lowest BCUT2D eigenvalue weighted by atomic mass is 9.96. The number of aryl methyl sites for hydroxylation is 1. The van der Waals surface area contributed by atoms with Crippen molar-refractivity contribution in [2.24, 2.45) is 5.92 Å². The highest BCUT2D eigenvalue weighted by Crippen LogP contribution is 2.31. The minimum absolute atomic E-state index is 0.0688. The van der Waals surface area contributed by atoms with Gasteiger partial charge in [-0.1, -0.05) is 0 Å². The van der Waals surface area contributed by atoms with Gasteiger partial charge in [0.1, 0.15) is 11.4 Å². The monoisotopic (exact) mass is 485 g/mol. The Kier molecular flexibility index (Phi) is 6.53. The molecule has 34 heavy (non-hydrogen) atoms. The van der Waals surface area contributed by atoms with Crippen molar-refractivity contribution in [1.82, 2.24) is 19.9 Å². The zero-order valence-electron chi connectivity index (χ0n) is 19.9. The van der Waals surface area contributed by atoms with Crippen LogP contribution in [-0.2, 0) is 9.53 Å². The van der Waals surface area contributed by atoms with E-state index in [9.17, 15) is 14.0 Å². The summed E-state index contributed by atoms with van der Waals surface area (Å²) in [6, 6.07) is 3.00. The molecule has 1 aliphatic heterocycles. The maximum absolute atomic E-state index is 13.6. The summed E-state index contributed by atoms with van der Waals surface area (Å²) < 4.78 is 19.7. The minimum atomic E-state index is -0.526. The number of thiophene rings is 1. The summed E-state index contributed by atoms with van der Waals surface area (Å²) in [5, 5.41) is 3.16. The summed E-state index contributed by atoms with van der Waals surface area (Å²) in [5.74, 6) is -0.519. The number of amides is 1. The Morgan fingerprint density at radius 3 is 2.68 bits per heavy atom. The fraction of sp³-hybridized carbons (Fsp3) is 0.458. The molecule has 1 fully saturated rings. The van der Waals surface area contributed by atoms with Crippen molar-refractivity contribution in [3.63, 3.8) is 0 Å². The van der Waals surface area contributed by atoms with E-state index in [1.807, 2.05) is 40.7 Å². The third-order valence-corrected chi connectivity index (χ3v) is 6.44. The number of pyridine rings is 1. The number of carbonyl (C=O) groups excluding carboxylic acids is 2. The summed E-state index contributed by atoms with van der Waals surface area (Å²) in [6.45, 7) is 10.3. The maximum atomic E-state index is 13.6. The number of nitrogens with zero attached hydrogens (tertiary/aromatic N) is 4. The van der Waals surface area contributed by atoms with Crippen molar-refractivity contribution in [2.75, 3.05) is 18.4 Å². The van der Waals surface area contributed by atoms with Gasteiger partial charge in [0.2, 0.25) is 5.95 Å². The van der Waals surface area contributed by atoms with Gasteiger partial charge in [0.25, 0.3) is 5.91 Å². The van der Waals surface area contributed by atoms with E-state index in [2.05, 4.69) is 20.3 Å². The number of hydrogen-bond donors (Lipinski definition) is 1. The van der Waals surface area contributed by atoms with Crippen LogP contribution in [0.2, 0.25) is 0 Å². The van der Waals surface area contributed by atoms with Gasteiger partial charge in [-0.2, -0.15) is 0 Å². The minimum Gasteiger partial charge on any atom is -0.460 e. The molecule has 1 saturated heterocycles. The molecule has 1 N–H and O–H groups in total. The molecular weight excluding hydrogens is 457 g/mol. The molecular formula is C24H28FN5O3S. The van der Waals surface area contributed by atoms with Crippen molar-refractivity contribution < 1.29 is 18.7 Å². The SMILES string of the molecule is Cc1cc2nc(NC(C)c3cncc(F)c3)nc(C(=O)N3CC(CC(=O)OC(C)(C)C)C3)c2s1. The van der Waals surface area contributed by atoms with Gasteiger partial charge in [0, 0.05) is 30.1 Å². The van der Waals surface area contributed by atoms with Crippen LogP contribution in [0.1, 0.15) is 61.1 Å². The summed E-state index contributed by atoms with van der Waals surface area (Å²) >= 11 is 1.47. The lowest BCUT2D eigenvalue weighted by Crippen LogP contribution is -2.51. The average Bonchev–Trinajstić information content (AvgIpc) is 3.08. The van der Waals surface area contributed by atoms with E-state index in [1.165, 1.54) is 17.4 Å². The second kappa shape index (κ2) is 9.25. The second-order valence-corrected chi connectivity index (χ2v) is 10.9. The van der Waals surface area contributed by atoms with E-state index in [0.717, 1.165) is 15.8 Å². The molecule has 3 aromatic rings. The van der Waals surface area contributed by atoms with Crippen molar-refractivity contribution in [3.8, 4) is 0 Å². The normalized spacial score (nSPS) is 15.2. The first-order chi connectivity index (χ1) is 16.0. The summed E-state index contributed by atoms with van der Waals surface area (Å²) in [5.41, 5.74) is 1.12. The van der Waals surface area contributed by atoms with Crippen LogP contribution in [0.25, 0.3) is 10.2 Å². The lowest BCUT2D eigenvalue weighted by Gasteiger charge is -2.39. The summed E-state index contributed by atoms with van der Waals surface area (Å²) in [6.07, 6.45) is 3.00. The van der Waals surface area contributed by atoms with Gasteiger partial charge >= 0.3 is 5.97 Å². The van der Waals surface area contributed by atoms with E-state index in [1.54, 1.807) is 11.1 Å². The lowest BCUT2D eigenvalue weighted by molar-refractivity contribution is -0.157. The van der Waals surface area contributed by atoms with Gasteiger partial charge in [0.05, 0.1) is 28.9 Å². The number of fused-ring (bicyclic) bond motifs is 1. The van der Waals surface area contributed by atoms with Crippen LogP contribution in [0.5, 0.6) is 0 Å². The first kappa shape index (κ1) is 24.0. The molecule has 0 radical (unpaired) electrons. The number of likely N-dealkylation sites (tertiary alicyclic amines) is 1. The third kappa shape index (κ3) is 5.49. The van der Waals surface area contributed by atoms with Crippen molar-refractivity contribution >= 4 is 39.4 Å². The molecule has 0 aromatic carbocycles. The van der Waals surface area contributed by atoms with Crippen molar-refractivity contribution in [2.45, 2.75) is 52.7 Å². The standard InChI is InChI=1S/C24H28FN5O3S/c1-13-6-18-21(34-13)20(22(32)30-11-15(12-30)7-19(31)33-24(3,4)5)29-23(28-18)27-14(2)16-8-17(25)10-26-9-16/h6,8-10,14-15H,7,11-12H2,1-5H3,(H,27,28,29). The maximum Gasteiger partial charge on any atom is 0.306 e. The number of carbonyl (C=O) groups is 2. The predicted octanol–water partition coefficient (Wildman–Crippen LogP) is 4.51. The van der Waals surface area contributed by atoms with Gasteiger partial charge in [0.15, 0.2) is 5.69 Å². The molecule has 8 nitrogen and oxygen atoms in total. The first-order valence-corrected chi connectivity index (χ1v) is 12.0. The number of hydrogen-bond acceptors (Lipinski definition) is 8. The molecule has 0 aliphatic carbocycles. The predicted molar refractivity (Wildman–Crippen MR) is 128 cm³/mol. The highest BCUT2D eigenvalue weighted by molar-refractivity contribution is 7.19. The Balaban J connectivity index is 1.50. The molecule has 4 heterocycles. The van der Waals surface area contributed by atoms with Crippen LogP contribution >= 0.6 is 11.3 Å². The molecule has 180 valence electrons. The first-order valence-electron chi connectivity index (χ1n) is 11.1. The van der Waals surface area contributed by atoms with Gasteiger partial charge in [-0.3, -0.25) is 14.6 Å². The zero-order valence-corrected chi connectivity index (χ0v) is 20.7. The van der Waals surface area contributed by atoms with Gasteiger partial charge < -0.3 is 15.0 Å². The molecule has 0 spiro atoms. The summed E-state index contributed by atoms with van der Waals surface area (Å²) in [4.78, 5) is 41.1. The quantitative estimate of drug-likeness (QED) is 0.513. The fourth-order valence-electron chi connectivity index (χ4n) is 3.83. The molecule has 0 saturated carbocycles. The molecule has 10 heteroatoms. The fourth-order valence-corrected chi connectivity index (χ4v) is 4.77. The van der Waals surface area contributed by atoms with Crippen LogP contribution in [0, 0.1) is 18.7 Å². The number of nitrogens with one attached hydrogen (secondary N) is 1. The number of ether oxygens (including phenoxy) is 1. The molecule has 1 aliphatic rings. The molecule has 0 bridgehead atoms. The topological polar surface area (TPSA) is 97.3 Å². The smallest absolute Gasteiger partial charge is 0.306 e. The molecule has 1 amide bonds. The van der Waals surface area contributed by atoms with E-state index in [4.69, 9.17) is 4.74 Å². The number of anilines is 1. The molecule has 3 aromatic heterocycles. The summed E-state index contributed by atoms with van der Waals surface area (Å²) in [7, 11) is 0. The van der Waals surface area contributed by atoms with Crippen LogP contribution in [0.15, 0.2) is 24.5 Å². The highest BCUT2D eigenvalue weighted by atomic mass is 32.1. The Morgan fingerprint density at radius 2 is 2.00 bits per heavy atom. The van der Waals surface area contributed by atoms with Crippen LogP contribution in [0.4, 0.5) is 10.3 Å². The van der Waals surface area contributed by atoms with Gasteiger partial charge in [-0.15, -0.1) is 11.3 Å². The van der Waals surface area contributed by atoms with Crippen LogP contribution in [0.3, 0.4) is 0 Å². The van der Waals surface area contributed by atoms with Gasteiger partial charge in [-0.05, 0) is 52.3 Å². The van der Waals surface area contributed by atoms with Crippen molar-refractivity contribution in [3.05, 3.63) is 46.5 Å². The van der Waals surface area contributed by atoms with E-state index < -0.39 is 11.4 Å². The Labute approximate surface area is 201 Å². The number of aromatic nitrogens is 3. The number of esters is 1. The number of halogens is 1. The molecule has 1 atom stereocenters. The zero-order chi connectivity index (χ0) is 24.6. The third-order valence-electron chi connectivity index (χ3n) is 5.39. The Morgan fingerprint density at radius 1 is 1.26 bits per heavy atom.